The van der Waals surface area contributed by atoms with E-state index in [0.717, 1.165) is 17.1 Å². The van der Waals surface area contributed by atoms with Crippen molar-refractivity contribution in [3.8, 4) is 0 Å². The number of benzene rings is 1. The number of carbonyl (C=O) groups excluding carboxylic acids is 2. The molecule has 2 aliphatic heterocycles. The van der Waals surface area contributed by atoms with Gasteiger partial charge in [0.2, 0.25) is 0 Å². The number of nitrogens with one attached hydrogen (secondary N) is 1. The van der Waals surface area contributed by atoms with Gasteiger partial charge in [0, 0.05) is 6.42 Å². The SMILES string of the molecule is O=C([O-])C1=CSC2/C(=C\c3cnc(Cc4ccccc4)[nH]3)C(=O)N12.[Na+]. The van der Waals surface area contributed by atoms with Gasteiger partial charge in [0.05, 0.1) is 29.1 Å². The van der Waals surface area contributed by atoms with Crippen LogP contribution in [0.4, 0.5) is 0 Å². The first-order chi connectivity index (χ1) is 11.6. The van der Waals surface area contributed by atoms with E-state index in [1.165, 1.54) is 22.1 Å². The van der Waals surface area contributed by atoms with Crippen LogP contribution in [0.15, 0.2) is 53.2 Å². The normalized spacial score (nSPS) is 19.9. The van der Waals surface area contributed by atoms with Crippen molar-refractivity contribution in [2.75, 3.05) is 0 Å². The van der Waals surface area contributed by atoms with Crippen molar-refractivity contribution in [2.45, 2.75) is 11.8 Å². The van der Waals surface area contributed by atoms with E-state index in [1.54, 1.807) is 12.3 Å². The molecule has 0 bridgehead atoms. The van der Waals surface area contributed by atoms with Gasteiger partial charge in [-0.15, -0.1) is 11.8 Å². The number of amides is 1. The molecule has 1 atom stereocenters. The molecule has 0 spiro atoms. The van der Waals surface area contributed by atoms with E-state index in [9.17, 15) is 14.7 Å². The van der Waals surface area contributed by atoms with Crippen LogP contribution >= 0.6 is 11.8 Å². The maximum atomic E-state index is 12.1. The van der Waals surface area contributed by atoms with Crippen molar-refractivity contribution in [3.63, 3.8) is 0 Å². The summed E-state index contributed by atoms with van der Waals surface area (Å²) in [4.78, 5) is 31.8. The first-order valence-corrected chi connectivity index (χ1v) is 8.27. The number of carboxylic acids is 1. The van der Waals surface area contributed by atoms with Gasteiger partial charge in [-0.1, -0.05) is 30.3 Å². The van der Waals surface area contributed by atoms with E-state index in [1.807, 2.05) is 30.3 Å². The summed E-state index contributed by atoms with van der Waals surface area (Å²) in [6, 6.07) is 9.96. The third-order valence-corrected chi connectivity index (χ3v) is 5.00. The van der Waals surface area contributed by atoms with Crippen molar-refractivity contribution in [1.82, 2.24) is 14.9 Å². The van der Waals surface area contributed by atoms with Crippen molar-refractivity contribution in [1.29, 1.82) is 0 Å². The number of hydrogen-bond acceptors (Lipinski definition) is 5. The number of carbonyl (C=O) groups is 2. The monoisotopic (exact) mass is 361 g/mol. The topological polar surface area (TPSA) is 89.1 Å². The molecule has 0 saturated carbocycles. The summed E-state index contributed by atoms with van der Waals surface area (Å²) in [5.74, 6) is -0.826. The third kappa shape index (κ3) is 3.32. The van der Waals surface area contributed by atoms with Crippen molar-refractivity contribution in [2.24, 2.45) is 0 Å². The van der Waals surface area contributed by atoms with Crippen LogP contribution in [0.5, 0.6) is 0 Å². The molecule has 0 radical (unpaired) electrons. The fraction of sp³-hybridized carbons (Fsp3) is 0.118. The van der Waals surface area contributed by atoms with Gasteiger partial charge < -0.3 is 14.9 Å². The predicted molar refractivity (Wildman–Crippen MR) is 87.1 cm³/mol. The Kier molecular flexibility index (Phi) is 5.19. The first kappa shape index (κ1) is 18.0. The van der Waals surface area contributed by atoms with Crippen LogP contribution in [0, 0.1) is 0 Å². The molecule has 120 valence electrons. The molecule has 3 heterocycles. The molecular weight excluding hydrogens is 349 g/mol. The number of β-lactam (4-membered cyclic amide) rings is 1. The van der Waals surface area contributed by atoms with Crippen LogP contribution in [0.25, 0.3) is 6.08 Å². The van der Waals surface area contributed by atoms with E-state index in [4.69, 9.17) is 0 Å². The molecular formula is C17H12N3NaO3S. The van der Waals surface area contributed by atoms with Gasteiger partial charge in [0.1, 0.15) is 11.2 Å². The van der Waals surface area contributed by atoms with Gasteiger partial charge in [0.15, 0.2) is 0 Å². The number of aromatic nitrogens is 2. The van der Waals surface area contributed by atoms with Gasteiger partial charge in [0.25, 0.3) is 5.91 Å². The Labute approximate surface area is 170 Å². The van der Waals surface area contributed by atoms with E-state index in [0.29, 0.717) is 12.0 Å². The Morgan fingerprint density at radius 3 is 2.84 bits per heavy atom. The van der Waals surface area contributed by atoms with Crippen LogP contribution < -0.4 is 34.7 Å². The minimum Gasteiger partial charge on any atom is -0.543 e. The molecule has 2 aromatic rings. The average Bonchev–Trinajstić information content (AvgIpc) is 3.18. The largest absolute Gasteiger partial charge is 1.00 e. The van der Waals surface area contributed by atoms with Crippen LogP contribution in [0.3, 0.4) is 0 Å². The summed E-state index contributed by atoms with van der Waals surface area (Å²) < 4.78 is 0. The van der Waals surface area contributed by atoms with Crippen LogP contribution in [-0.4, -0.2) is 32.1 Å². The molecule has 2 aliphatic rings. The standard InChI is InChI=1S/C17H13N3O3S.Na/c21-15-12(16-20(15)13(9-24-16)17(22)23)7-11-8-18-14(19-11)6-10-4-2-1-3-5-10;/h1-5,7-9,16H,6H2,(H,18,19)(H,22,23);/q;+1/p-1/b12-7-;. The number of nitrogens with zero attached hydrogens (tertiary/aromatic N) is 2. The second-order valence-corrected chi connectivity index (χ2v) is 6.46. The van der Waals surface area contributed by atoms with E-state index < -0.39 is 5.97 Å². The number of imidazole rings is 1. The smallest absolute Gasteiger partial charge is 0.543 e. The number of carboxylic acid groups (broad SMARTS) is 1. The molecule has 4 rings (SSSR count). The molecule has 1 amide bonds. The Hall–Kier alpha value is -1.80. The summed E-state index contributed by atoms with van der Waals surface area (Å²) in [6.07, 6.45) is 4.08. The van der Waals surface area contributed by atoms with Gasteiger partial charge in [-0.25, -0.2) is 4.98 Å². The van der Waals surface area contributed by atoms with E-state index >= 15 is 0 Å². The number of rotatable bonds is 4. The Morgan fingerprint density at radius 1 is 1.36 bits per heavy atom. The second kappa shape index (κ2) is 7.21. The maximum absolute atomic E-state index is 12.1. The molecule has 8 heteroatoms. The van der Waals surface area contributed by atoms with Crippen LogP contribution in [-0.2, 0) is 16.0 Å². The Bertz CT molecular complexity index is 892. The number of aliphatic carboxylic acids is 1. The predicted octanol–water partition coefficient (Wildman–Crippen LogP) is -2.11. The zero-order valence-corrected chi connectivity index (χ0v) is 16.2. The fourth-order valence-electron chi connectivity index (χ4n) is 2.76. The van der Waals surface area contributed by atoms with Gasteiger partial charge in [-0.2, -0.15) is 0 Å². The van der Waals surface area contributed by atoms with Crippen molar-refractivity contribution >= 4 is 29.7 Å². The van der Waals surface area contributed by atoms with Crippen LogP contribution in [0.1, 0.15) is 17.1 Å². The summed E-state index contributed by atoms with van der Waals surface area (Å²) in [5, 5.41) is 12.1. The molecule has 0 aliphatic carbocycles. The average molecular weight is 361 g/mol. The number of aromatic amines is 1. The van der Waals surface area contributed by atoms with E-state index in [-0.39, 0.29) is 46.5 Å². The van der Waals surface area contributed by atoms with Gasteiger partial charge in [-0.3, -0.25) is 9.69 Å². The molecule has 6 nitrogen and oxygen atoms in total. The summed E-state index contributed by atoms with van der Waals surface area (Å²) in [6.45, 7) is 0. The quantitative estimate of drug-likeness (QED) is 0.383. The molecule has 1 fully saturated rings. The molecule has 1 saturated heterocycles. The Balaban J connectivity index is 0.00000182. The van der Waals surface area contributed by atoms with Crippen molar-refractivity contribution in [3.05, 3.63) is 70.3 Å². The number of H-pyrrole nitrogens is 1. The minimum atomic E-state index is -1.33. The first-order valence-electron chi connectivity index (χ1n) is 7.33. The molecule has 1 aromatic carbocycles. The van der Waals surface area contributed by atoms with Gasteiger partial charge >= 0.3 is 29.6 Å². The second-order valence-electron chi connectivity index (χ2n) is 5.50. The molecule has 1 N–H and O–H groups in total. The fourth-order valence-corrected chi connectivity index (χ4v) is 3.87. The van der Waals surface area contributed by atoms with Crippen molar-refractivity contribution < 1.29 is 44.3 Å². The van der Waals surface area contributed by atoms with E-state index in [2.05, 4.69) is 9.97 Å². The van der Waals surface area contributed by atoms with Gasteiger partial charge in [-0.05, 0) is 17.0 Å². The number of thioether (sulfide) groups is 1. The number of fused-ring (bicyclic) bond motifs is 1. The zero-order chi connectivity index (χ0) is 16.7. The third-order valence-electron chi connectivity index (χ3n) is 3.92. The summed E-state index contributed by atoms with van der Waals surface area (Å²) >= 11 is 1.29. The molecule has 25 heavy (non-hydrogen) atoms. The van der Waals surface area contributed by atoms with Crippen LogP contribution in [0.2, 0.25) is 0 Å². The molecule has 1 unspecified atom stereocenters. The maximum Gasteiger partial charge on any atom is 1.00 e. The zero-order valence-electron chi connectivity index (χ0n) is 13.4. The molecule has 1 aromatic heterocycles. The number of hydrogen-bond donors (Lipinski definition) is 1. The minimum absolute atomic E-state index is 0. The summed E-state index contributed by atoms with van der Waals surface area (Å²) in [7, 11) is 0. The summed E-state index contributed by atoms with van der Waals surface area (Å²) in [5.41, 5.74) is 2.36. The Morgan fingerprint density at radius 2 is 2.12 bits per heavy atom.